The van der Waals surface area contributed by atoms with Crippen LogP contribution < -0.4 is 5.73 Å². The van der Waals surface area contributed by atoms with Crippen molar-refractivity contribution in [3.63, 3.8) is 0 Å². The number of furan rings is 1. The van der Waals surface area contributed by atoms with Crippen LogP contribution >= 0.6 is 11.6 Å². The molecule has 21 heavy (non-hydrogen) atoms. The van der Waals surface area contributed by atoms with Crippen LogP contribution in [0.5, 0.6) is 0 Å². The number of nitrogens with two attached hydrogens (primary N) is 1. The Morgan fingerprint density at radius 2 is 2.00 bits per heavy atom. The Hall–Kier alpha value is -2.80. The van der Waals surface area contributed by atoms with E-state index in [0.29, 0.717) is 16.1 Å². The number of rotatable bonds is 3. The zero-order valence-corrected chi connectivity index (χ0v) is 11.2. The van der Waals surface area contributed by atoms with Crippen LogP contribution in [0.3, 0.4) is 0 Å². The molecule has 0 bridgehead atoms. The third-order valence-electron chi connectivity index (χ3n) is 2.86. The van der Waals surface area contributed by atoms with Gasteiger partial charge in [0, 0.05) is 10.6 Å². The minimum atomic E-state index is -0.640. The minimum absolute atomic E-state index is 0.122. The summed E-state index contributed by atoms with van der Waals surface area (Å²) in [6.07, 6.45) is 0. The van der Waals surface area contributed by atoms with Crippen molar-refractivity contribution in [2.24, 2.45) is 0 Å². The second-order valence-corrected chi connectivity index (χ2v) is 4.55. The lowest BCUT2D eigenvalue weighted by Crippen LogP contribution is -1.89. The van der Waals surface area contributed by atoms with Gasteiger partial charge in [-0.2, -0.15) is 0 Å². The molecule has 3 aromatic rings. The Bertz CT molecular complexity index is 824. The Morgan fingerprint density at radius 3 is 2.67 bits per heavy atom. The summed E-state index contributed by atoms with van der Waals surface area (Å²) >= 11 is 6.14. The number of nitrogen functional groups attached to an aromatic ring is 1. The highest BCUT2D eigenvalue weighted by atomic mass is 35.5. The molecule has 0 unspecified atom stereocenters. The molecule has 0 spiro atoms. The first kappa shape index (κ1) is 13.2. The van der Waals surface area contributed by atoms with Crippen LogP contribution in [0.25, 0.3) is 22.6 Å². The van der Waals surface area contributed by atoms with E-state index in [2.05, 4.69) is 5.16 Å². The molecule has 0 radical (unpaired) electrons. The first-order valence-electron chi connectivity index (χ1n) is 5.82. The van der Waals surface area contributed by atoms with E-state index in [0.717, 1.165) is 0 Å². The lowest BCUT2D eigenvalue weighted by Gasteiger charge is -2.02. The zero-order valence-electron chi connectivity index (χ0n) is 10.4. The number of anilines is 1. The first-order chi connectivity index (χ1) is 10.1. The van der Waals surface area contributed by atoms with Gasteiger partial charge in [-0.3, -0.25) is 10.1 Å². The second kappa shape index (κ2) is 4.95. The van der Waals surface area contributed by atoms with Crippen molar-refractivity contribution < 1.29 is 13.9 Å². The minimum Gasteiger partial charge on any atom is -0.397 e. The number of aromatic nitrogens is 1. The predicted molar refractivity (Wildman–Crippen MR) is 75.7 cm³/mol. The molecule has 3 rings (SSSR count). The van der Waals surface area contributed by atoms with Gasteiger partial charge >= 0.3 is 5.88 Å². The molecule has 0 saturated carbocycles. The van der Waals surface area contributed by atoms with Crippen molar-refractivity contribution in [2.75, 3.05) is 5.73 Å². The maximum atomic E-state index is 10.7. The SMILES string of the molecule is Nc1noc(-c2ccc([N+](=O)[O-])o2)c1-c1ccccc1Cl. The van der Waals surface area contributed by atoms with Gasteiger partial charge in [0.2, 0.25) is 5.76 Å². The molecule has 2 heterocycles. The molecule has 2 aromatic heterocycles. The molecule has 0 aliphatic carbocycles. The standard InChI is InChI=1S/C13H8ClN3O4/c14-8-4-2-1-3-7(8)11-12(21-16-13(11)15)9-5-6-10(20-9)17(18)19/h1-6H,(H2,15,16). The van der Waals surface area contributed by atoms with Gasteiger partial charge in [0.05, 0.1) is 11.6 Å². The second-order valence-electron chi connectivity index (χ2n) is 4.15. The van der Waals surface area contributed by atoms with E-state index in [1.165, 1.54) is 12.1 Å². The largest absolute Gasteiger partial charge is 0.433 e. The van der Waals surface area contributed by atoms with Gasteiger partial charge in [0.25, 0.3) is 0 Å². The van der Waals surface area contributed by atoms with Crippen molar-refractivity contribution in [1.82, 2.24) is 5.16 Å². The molecule has 0 aliphatic heterocycles. The highest BCUT2D eigenvalue weighted by Gasteiger charge is 2.24. The molecule has 2 N–H and O–H groups in total. The molecular formula is C13H8ClN3O4. The van der Waals surface area contributed by atoms with Gasteiger partial charge in [-0.05, 0) is 12.1 Å². The Kier molecular flexibility index (Phi) is 3.11. The van der Waals surface area contributed by atoms with Gasteiger partial charge in [0.1, 0.15) is 4.92 Å². The molecule has 0 amide bonds. The smallest absolute Gasteiger partial charge is 0.397 e. The summed E-state index contributed by atoms with van der Waals surface area (Å²) in [5.41, 5.74) is 6.85. The van der Waals surface area contributed by atoms with Crippen LogP contribution in [0.1, 0.15) is 0 Å². The first-order valence-corrected chi connectivity index (χ1v) is 6.20. The monoisotopic (exact) mass is 305 g/mol. The maximum absolute atomic E-state index is 10.7. The Balaban J connectivity index is 2.17. The van der Waals surface area contributed by atoms with Gasteiger partial charge < -0.3 is 14.7 Å². The molecule has 1 aromatic carbocycles. The van der Waals surface area contributed by atoms with E-state index in [1.54, 1.807) is 24.3 Å². The van der Waals surface area contributed by atoms with Crippen LogP contribution in [0.15, 0.2) is 45.3 Å². The average molecular weight is 306 g/mol. The van der Waals surface area contributed by atoms with Crippen molar-refractivity contribution in [1.29, 1.82) is 0 Å². The quantitative estimate of drug-likeness (QED) is 0.583. The van der Waals surface area contributed by atoms with Crippen LogP contribution in [0, 0.1) is 10.1 Å². The highest BCUT2D eigenvalue weighted by Crippen LogP contribution is 2.40. The zero-order chi connectivity index (χ0) is 15.0. The normalized spacial score (nSPS) is 10.7. The number of nitrogens with zero attached hydrogens (tertiary/aromatic N) is 2. The van der Waals surface area contributed by atoms with E-state index in [4.69, 9.17) is 26.3 Å². The molecular weight excluding hydrogens is 298 g/mol. The number of benzene rings is 1. The summed E-state index contributed by atoms with van der Waals surface area (Å²) in [6, 6.07) is 9.63. The van der Waals surface area contributed by atoms with Crippen LogP contribution in [-0.2, 0) is 0 Å². The number of hydrogen-bond acceptors (Lipinski definition) is 6. The topological polar surface area (TPSA) is 108 Å². The molecule has 0 aliphatic rings. The van der Waals surface area contributed by atoms with Crippen LogP contribution in [0.4, 0.5) is 11.7 Å². The predicted octanol–water partition coefficient (Wildman–Crippen LogP) is 3.75. The van der Waals surface area contributed by atoms with E-state index in [9.17, 15) is 10.1 Å². The van der Waals surface area contributed by atoms with Gasteiger partial charge in [-0.15, -0.1) is 0 Å². The summed E-state index contributed by atoms with van der Waals surface area (Å²) in [4.78, 5) is 10.0. The molecule has 8 heteroatoms. The summed E-state index contributed by atoms with van der Waals surface area (Å²) in [7, 11) is 0. The number of halogens is 1. The summed E-state index contributed by atoms with van der Waals surface area (Å²) in [5.74, 6) is 0.0664. The third kappa shape index (κ3) is 2.23. The van der Waals surface area contributed by atoms with Gasteiger partial charge in [-0.25, -0.2) is 0 Å². The average Bonchev–Trinajstić information content (AvgIpc) is 3.06. The fraction of sp³-hybridized carbons (Fsp3) is 0. The third-order valence-corrected chi connectivity index (χ3v) is 3.19. The number of hydrogen-bond donors (Lipinski definition) is 1. The van der Waals surface area contributed by atoms with Crippen LogP contribution in [-0.4, -0.2) is 10.1 Å². The van der Waals surface area contributed by atoms with E-state index < -0.39 is 10.8 Å². The van der Waals surface area contributed by atoms with Crippen molar-refractivity contribution in [2.45, 2.75) is 0 Å². The number of nitro groups is 1. The Labute approximate surface area is 123 Å². The lowest BCUT2D eigenvalue weighted by molar-refractivity contribution is -0.401. The molecule has 0 atom stereocenters. The van der Waals surface area contributed by atoms with E-state index in [1.807, 2.05) is 0 Å². The lowest BCUT2D eigenvalue weighted by atomic mass is 10.0. The molecule has 0 saturated heterocycles. The summed E-state index contributed by atoms with van der Waals surface area (Å²) < 4.78 is 10.2. The van der Waals surface area contributed by atoms with Crippen molar-refractivity contribution in [3.8, 4) is 22.6 Å². The summed E-state index contributed by atoms with van der Waals surface area (Å²) in [5, 5.41) is 14.8. The van der Waals surface area contributed by atoms with E-state index in [-0.39, 0.29) is 17.3 Å². The molecule has 106 valence electrons. The fourth-order valence-electron chi connectivity index (χ4n) is 1.94. The molecule has 7 nitrogen and oxygen atoms in total. The highest BCUT2D eigenvalue weighted by molar-refractivity contribution is 6.33. The van der Waals surface area contributed by atoms with Gasteiger partial charge in [0.15, 0.2) is 11.6 Å². The Morgan fingerprint density at radius 1 is 1.24 bits per heavy atom. The summed E-state index contributed by atoms with van der Waals surface area (Å²) in [6.45, 7) is 0. The van der Waals surface area contributed by atoms with Gasteiger partial charge in [-0.1, -0.05) is 35.0 Å². The van der Waals surface area contributed by atoms with E-state index >= 15 is 0 Å². The van der Waals surface area contributed by atoms with Crippen LogP contribution in [0.2, 0.25) is 5.02 Å². The molecule has 0 fully saturated rings. The fourth-order valence-corrected chi connectivity index (χ4v) is 2.17. The maximum Gasteiger partial charge on any atom is 0.433 e. The van der Waals surface area contributed by atoms with Crippen molar-refractivity contribution in [3.05, 3.63) is 51.5 Å². The van der Waals surface area contributed by atoms with Crippen molar-refractivity contribution >= 4 is 23.3 Å².